The number of ether oxygens (including phenoxy) is 1. The molecule has 34 heavy (non-hydrogen) atoms. The van der Waals surface area contributed by atoms with Gasteiger partial charge in [-0.1, -0.05) is 36.4 Å². The number of allylic oxidation sites excluding steroid dienone is 1. The number of benzene rings is 2. The van der Waals surface area contributed by atoms with Gasteiger partial charge in [0.15, 0.2) is 6.23 Å². The zero-order valence-corrected chi connectivity index (χ0v) is 19.3. The number of amides is 1. The number of hydrogen-bond donors (Lipinski definition) is 1. The summed E-state index contributed by atoms with van der Waals surface area (Å²) in [5.41, 5.74) is 3.75. The fourth-order valence-corrected chi connectivity index (χ4v) is 4.64. The lowest BCUT2D eigenvalue weighted by Crippen LogP contribution is -2.31. The second kappa shape index (κ2) is 9.05. The van der Waals surface area contributed by atoms with Gasteiger partial charge in [-0.15, -0.1) is 0 Å². The Hall–Kier alpha value is -3.48. The number of alkyl halides is 3. The van der Waals surface area contributed by atoms with E-state index in [9.17, 15) is 18.0 Å². The van der Waals surface area contributed by atoms with Crippen molar-refractivity contribution in [3.05, 3.63) is 101 Å². The van der Waals surface area contributed by atoms with E-state index in [1.54, 1.807) is 19.1 Å². The topological polar surface area (TPSA) is 41.6 Å². The molecular weight excluding hydrogens is 441 g/mol. The molecule has 2 aliphatic rings. The van der Waals surface area contributed by atoms with E-state index in [4.69, 9.17) is 4.74 Å². The number of nitrogens with zero attached hydrogens (tertiary/aromatic N) is 1. The predicted molar refractivity (Wildman–Crippen MR) is 126 cm³/mol. The SMILES string of the molecule is C=CN(c1cc(C)cc(C(F)(F)F)c1)C(C=C(C)C)O/C=C1/C(=O)NC2c3ccccc3CC12. The molecular formula is C27H27F3N2O2. The van der Waals surface area contributed by atoms with Gasteiger partial charge < -0.3 is 15.0 Å². The molecule has 1 N–H and O–H groups in total. The molecule has 0 bridgehead atoms. The van der Waals surface area contributed by atoms with Crippen LogP contribution in [0, 0.1) is 12.8 Å². The molecule has 3 unspecified atom stereocenters. The lowest BCUT2D eigenvalue weighted by Gasteiger charge is -2.29. The van der Waals surface area contributed by atoms with Crippen molar-refractivity contribution in [1.29, 1.82) is 0 Å². The van der Waals surface area contributed by atoms with Crippen LogP contribution in [0.2, 0.25) is 0 Å². The van der Waals surface area contributed by atoms with Gasteiger partial charge >= 0.3 is 6.18 Å². The van der Waals surface area contributed by atoms with Crippen LogP contribution in [0.1, 0.15) is 42.1 Å². The van der Waals surface area contributed by atoms with E-state index >= 15 is 0 Å². The van der Waals surface area contributed by atoms with Gasteiger partial charge in [0.2, 0.25) is 0 Å². The smallest absolute Gasteiger partial charge is 0.416 e. The van der Waals surface area contributed by atoms with E-state index in [1.807, 2.05) is 32.0 Å². The van der Waals surface area contributed by atoms with Crippen LogP contribution in [0.5, 0.6) is 0 Å². The Morgan fingerprint density at radius 2 is 1.97 bits per heavy atom. The number of hydrogen-bond acceptors (Lipinski definition) is 3. The molecule has 1 amide bonds. The van der Waals surface area contributed by atoms with Gasteiger partial charge in [-0.2, -0.15) is 13.2 Å². The number of rotatable bonds is 6. The summed E-state index contributed by atoms with van der Waals surface area (Å²) in [5.74, 6) is -0.245. The summed E-state index contributed by atoms with van der Waals surface area (Å²) in [4.78, 5) is 14.2. The van der Waals surface area contributed by atoms with Gasteiger partial charge in [0.05, 0.1) is 23.4 Å². The number of anilines is 1. The molecule has 0 radical (unpaired) electrons. The first-order valence-corrected chi connectivity index (χ1v) is 11.1. The molecule has 2 aromatic rings. The summed E-state index contributed by atoms with van der Waals surface area (Å²) >= 11 is 0. The van der Waals surface area contributed by atoms with Crippen molar-refractivity contribution in [2.24, 2.45) is 5.92 Å². The van der Waals surface area contributed by atoms with Crippen LogP contribution in [0.15, 0.2) is 78.7 Å². The molecule has 1 heterocycles. The first kappa shape index (κ1) is 23.7. The Bertz CT molecular complexity index is 1180. The Labute approximate surface area is 197 Å². The lowest BCUT2D eigenvalue weighted by molar-refractivity contribution is -0.137. The Morgan fingerprint density at radius 1 is 1.24 bits per heavy atom. The number of carbonyl (C=O) groups is 1. The van der Waals surface area contributed by atoms with Crippen LogP contribution >= 0.6 is 0 Å². The minimum atomic E-state index is -4.48. The molecule has 2 aromatic carbocycles. The molecule has 0 spiro atoms. The van der Waals surface area contributed by atoms with E-state index in [0.29, 0.717) is 16.8 Å². The van der Waals surface area contributed by atoms with E-state index in [0.717, 1.165) is 29.7 Å². The maximum Gasteiger partial charge on any atom is 0.416 e. The minimum Gasteiger partial charge on any atom is -0.474 e. The Balaban J connectivity index is 1.65. The monoisotopic (exact) mass is 468 g/mol. The molecule has 0 aromatic heterocycles. The summed E-state index contributed by atoms with van der Waals surface area (Å²) in [5, 5.41) is 3.03. The third kappa shape index (κ3) is 4.60. The lowest BCUT2D eigenvalue weighted by atomic mass is 9.97. The Kier molecular flexibility index (Phi) is 6.30. The average Bonchev–Trinajstić information content (AvgIpc) is 3.25. The number of halogens is 3. The van der Waals surface area contributed by atoms with Crippen molar-refractivity contribution in [2.75, 3.05) is 4.90 Å². The molecule has 1 aliphatic carbocycles. The highest BCUT2D eigenvalue weighted by Gasteiger charge is 2.44. The van der Waals surface area contributed by atoms with Crippen LogP contribution in [0.25, 0.3) is 0 Å². The fraction of sp³-hybridized carbons (Fsp3) is 0.296. The number of fused-ring (bicyclic) bond motifs is 3. The molecule has 0 saturated carbocycles. The highest BCUT2D eigenvalue weighted by molar-refractivity contribution is 5.97. The average molecular weight is 469 g/mol. The van der Waals surface area contributed by atoms with E-state index in [-0.39, 0.29) is 17.9 Å². The third-order valence-electron chi connectivity index (χ3n) is 6.15. The van der Waals surface area contributed by atoms with Gasteiger partial charge in [0, 0.05) is 17.8 Å². The van der Waals surface area contributed by atoms with E-state index in [2.05, 4.69) is 18.0 Å². The van der Waals surface area contributed by atoms with Crippen LogP contribution in [0.3, 0.4) is 0 Å². The quantitative estimate of drug-likeness (QED) is 0.238. The zero-order valence-electron chi connectivity index (χ0n) is 19.3. The van der Waals surface area contributed by atoms with Crippen LogP contribution in [-0.4, -0.2) is 12.1 Å². The number of carbonyl (C=O) groups excluding carboxylic acids is 1. The molecule has 1 fully saturated rings. The van der Waals surface area contributed by atoms with Gasteiger partial charge in [-0.25, -0.2) is 0 Å². The number of nitrogens with one attached hydrogen (secondary N) is 1. The van der Waals surface area contributed by atoms with Crippen molar-refractivity contribution < 1.29 is 22.7 Å². The van der Waals surface area contributed by atoms with E-state index in [1.165, 1.54) is 22.9 Å². The molecule has 178 valence electrons. The molecule has 1 aliphatic heterocycles. The molecule has 4 nitrogen and oxygen atoms in total. The van der Waals surface area contributed by atoms with Crippen molar-refractivity contribution >= 4 is 11.6 Å². The molecule has 3 atom stereocenters. The maximum absolute atomic E-state index is 13.4. The third-order valence-corrected chi connectivity index (χ3v) is 6.15. The summed E-state index contributed by atoms with van der Waals surface area (Å²) in [6.45, 7) is 9.15. The van der Waals surface area contributed by atoms with Crippen molar-refractivity contribution in [3.63, 3.8) is 0 Å². The predicted octanol–water partition coefficient (Wildman–Crippen LogP) is 6.20. The van der Waals surface area contributed by atoms with Crippen LogP contribution in [0.4, 0.5) is 18.9 Å². The van der Waals surface area contributed by atoms with Crippen LogP contribution < -0.4 is 10.2 Å². The summed E-state index contributed by atoms with van der Waals surface area (Å²) in [7, 11) is 0. The highest BCUT2D eigenvalue weighted by Crippen LogP contribution is 2.44. The minimum absolute atomic E-state index is 0.0507. The zero-order chi connectivity index (χ0) is 24.6. The van der Waals surface area contributed by atoms with Crippen molar-refractivity contribution in [2.45, 2.75) is 45.6 Å². The van der Waals surface area contributed by atoms with Crippen molar-refractivity contribution in [3.8, 4) is 0 Å². The van der Waals surface area contributed by atoms with Gasteiger partial charge in [-0.05, 0) is 68.2 Å². The maximum atomic E-state index is 13.4. The summed E-state index contributed by atoms with van der Waals surface area (Å²) < 4.78 is 46.3. The van der Waals surface area contributed by atoms with Crippen LogP contribution in [-0.2, 0) is 22.1 Å². The van der Waals surface area contributed by atoms with Crippen molar-refractivity contribution in [1.82, 2.24) is 5.32 Å². The molecule has 4 rings (SSSR count). The normalized spacial score (nSPS) is 20.9. The summed E-state index contributed by atoms with van der Waals surface area (Å²) in [6.07, 6.45) is 0.125. The molecule has 1 saturated heterocycles. The number of aryl methyl sites for hydroxylation is 1. The van der Waals surface area contributed by atoms with E-state index < -0.39 is 18.0 Å². The second-order valence-corrected chi connectivity index (χ2v) is 8.95. The first-order chi connectivity index (χ1) is 16.1. The summed E-state index contributed by atoms with van der Waals surface area (Å²) in [6, 6.07) is 11.7. The standard InChI is InChI=1S/C27H27F3N2O2/c1-5-32(20-12-17(4)11-19(14-20)27(28,29)30)24(10-16(2)3)34-15-23-22-13-18-8-6-7-9-21(18)25(22)31-26(23)33/h5-12,14-15,22,24-25H,1,13H2,2-4H3,(H,31,33)/b23-15+. The first-order valence-electron chi connectivity index (χ1n) is 11.1. The second-order valence-electron chi connectivity index (χ2n) is 8.95. The van der Waals surface area contributed by atoms with Gasteiger partial charge in [0.25, 0.3) is 5.91 Å². The van der Waals surface area contributed by atoms with Gasteiger partial charge in [-0.3, -0.25) is 4.79 Å². The Morgan fingerprint density at radius 3 is 2.65 bits per heavy atom. The molecule has 7 heteroatoms. The largest absolute Gasteiger partial charge is 0.474 e. The highest BCUT2D eigenvalue weighted by atomic mass is 19.4. The fourth-order valence-electron chi connectivity index (χ4n) is 4.64. The van der Waals surface area contributed by atoms with Gasteiger partial charge in [0.1, 0.15) is 0 Å².